The van der Waals surface area contributed by atoms with Crippen LogP contribution in [0.25, 0.3) is 0 Å². The largest absolute Gasteiger partial charge is 0.392 e. The van der Waals surface area contributed by atoms with Crippen LogP contribution in [0.15, 0.2) is 37.2 Å². The Balaban J connectivity index is 1.55. The zero-order valence-corrected chi connectivity index (χ0v) is 21.1. The molecule has 6 atom stereocenters. The number of hydrogen-bond acceptors (Lipinski definition) is 6. The molecule has 7 nitrogen and oxygen atoms in total. The highest BCUT2D eigenvalue weighted by molar-refractivity contribution is 7.15. The quantitative estimate of drug-likeness (QED) is 0.604. The Labute approximate surface area is 205 Å². The fourth-order valence-corrected chi connectivity index (χ4v) is 7.35. The molecule has 0 bridgehead atoms. The van der Waals surface area contributed by atoms with Crippen LogP contribution in [0.5, 0.6) is 0 Å². The van der Waals surface area contributed by atoms with Gasteiger partial charge in [-0.1, -0.05) is 26.8 Å². The van der Waals surface area contributed by atoms with Gasteiger partial charge in [0, 0.05) is 48.3 Å². The summed E-state index contributed by atoms with van der Waals surface area (Å²) in [5.74, 6) is -0.477. The van der Waals surface area contributed by atoms with Gasteiger partial charge in [-0.25, -0.2) is 4.98 Å². The Hall–Kier alpha value is -2.58. The van der Waals surface area contributed by atoms with Crippen molar-refractivity contribution in [3.63, 3.8) is 0 Å². The average molecular weight is 483 g/mol. The van der Waals surface area contributed by atoms with Crippen LogP contribution in [0.2, 0.25) is 0 Å². The molecule has 2 aromatic rings. The summed E-state index contributed by atoms with van der Waals surface area (Å²) >= 11 is 1.53. The number of nitrogens with one attached hydrogen (secondary N) is 1. The minimum Gasteiger partial charge on any atom is -0.392 e. The van der Waals surface area contributed by atoms with Crippen molar-refractivity contribution in [1.29, 1.82) is 0 Å². The molecule has 0 radical (unpaired) electrons. The fourth-order valence-electron chi connectivity index (χ4n) is 6.09. The van der Waals surface area contributed by atoms with Gasteiger partial charge in [0.2, 0.25) is 5.91 Å². The summed E-state index contributed by atoms with van der Waals surface area (Å²) in [6, 6.07) is 3.35. The minimum absolute atomic E-state index is 0.00422. The van der Waals surface area contributed by atoms with Crippen LogP contribution in [0.3, 0.4) is 0 Å². The van der Waals surface area contributed by atoms with Crippen molar-refractivity contribution in [2.75, 3.05) is 18.9 Å². The van der Waals surface area contributed by atoms with Crippen molar-refractivity contribution in [2.24, 2.45) is 23.2 Å². The van der Waals surface area contributed by atoms with Gasteiger partial charge >= 0.3 is 0 Å². The van der Waals surface area contributed by atoms with Gasteiger partial charge in [-0.2, -0.15) is 0 Å². The van der Waals surface area contributed by atoms with Crippen LogP contribution in [0.1, 0.15) is 60.5 Å². The topological polar surface area (TPSA) is 95.4 Å². The first-order chi connectivity index (χ1) is 16.2. The lowest BCUT2D eigenvalue weighted by atomic mass is 9.53. The molecule has 1 saturated carbocycles. The van der Waals surface area contributed by atoms with Crippen LogP contribution in [-0.2, 0) is 11.2 Å². The number of fused-ring (bicyclic) bond motifs is 2. The number of aromatic nitrogens is 2. The lowest BCUT2D eigenvalue weighted by Gasteiger charge is -2.53. The molecular weight excluding hydrogens is 448 g/mol. The summed E-state index contributed by atoms with van der Waals surface area (Å²) in [5, 5.41) is 15.1. The van der Waals surface area contributed by atoms with E-state index in [-0.39, 0.29) is 40.9 Å². The van der Waals surface area contributed by atoms with E-state index in [0.717, 1.165) is 25.0 Å². The van der Waals surface area contributed by atoms with Crippen molar-refractivity contribution in [2.45, 2.75) is 52.1 Å². The van der Waals surface area contributed by atoms with Crippen molar-refractivity contribution in [3.8, 4) is 0 Å². The van der Waals surface area contributed by atoms with Crippen molar-refractivity contribution >= 4 is 28.3 Å². The number of aliphatic hydroxyl groups excluding tert-OH is 1. The first kappa shape index (κ1) is 24.5. The SMILES string of the molecule is C=CCN(C)C(=O)C(C)C1CCC2(C)Cc3sc(NC(=O)c4ccncc4)nc3C(C)C2C1O. The number of anilines is 1. The Bertz CT molecular complexity index is 1070. The molecular formula is C26H34N4O3S. The van der Waals surface area contributed by atoms with E-state index in [1.807, 2.05) is 6.92 Å². The lowest BCUT2D eigenvalue weighted by Crippen LogP contribution is -2.53. The van der Waals surface area contributed by atoms with Gasteiger partial charge in [-0.05, 0) is 48.6 Å². The monoisotopic (exact) mass is 482 g/mol. The first-order valence-corrected chi connectivity index (χ1v) is 12.7. The lowest BCUT2D eigenvalue weighted by molar-refractivity contribution is -0.143. The smallest absolute Gasteiger partial charge is 0.257 e. The highest BCUT2D eigenvalue weighted by Crippen LogP contribution is 2.57. The maximum atomic E-state index is 12.9. The van der Waals surface area contributed by atoms with Gasteiger partial charge in [-0.3, -0.25) is 19.9 Å². The van der Waals surface area contributed by atoms with Crippen LogP contribution in [0, 0.1) is 23.2 Å². The fraction of sp³-hybridized carbons (Fsp3) is 0.538. The molecule has 2 aromatic heterocycles. The zero-order valence-electron chi connectivity index (χ0n) is 20.3. The van der Waals surface area contributed by atoms with Crippen LogP contribution in [0.4, 0.5) is 5.13 Å². The molecule has 6 unspecified atom stereocenters. The number of hydrogen-bond donors (Lipinski definition) is 2. The molecule has 0 saturated heterocycles. The van der Waals surface area contributed by atoms with Gasteiger partial charge in [-0.15, -0.1) is 17.9 Å². The van der Waals surface area contributed by atoms with Crippen LogP contribution < -0.4 is 5.32 Å². The third-order valence-corrected chi connectivity index (χ3v) is 8.88. The Morgan fingerprint density at radius 2 is 2.12 bits per heavy atom. The third kappa shape index (κ3) is 4.41. The maximum Gasteiger partial charge on any atom is 0.257 e. The van der Waals surface area contributed by atoms with Crippen molar-refractivity contribution in [1.82, 2.24) is 14.9 Å². The summed E-state index contributed by atoms with van der Waals surface area (Å²) in [4.78, 5) is 37.1. The van der Waals surface area contributed by atoms with Crippen LogP contribution in [-0.4, -0.2) is 51.5 Å². The molecule has 0 aromatic carbocycles. The van der Waals surface area contributed by atoms with E-state index in [2.05, 4.69) is 30.7 Å². The summed E-state index contributed by atoms with van der Waals surface area (Å²) in [6.07, 6.45) is 6.90. The summed E-state index contributed by atoms with van der Waals surface area (Å²) in [7, 11) is 1.78. The summed E-state index contributed by atoms with van der Waals surface area (Å²) in [6.45, 7) is 10.5. The van der Waals surface area contributed by atoms with E-state index in [1.165, 1.54) is 16.2 Å². The second-order valence-electron chi connectivity index (χ2n) is 10.2. The molecule has 2 heterocycles. The highest BCUT2D eigenvalue weighted by atomic mass is 32.1. The van der Waals surface area contributed by atoms with E-state index >= 15 is 0 Å². The second-order valence-corrected chi connectivity index (χ2v) is 11.2. The Kier molecular flexibility index (Phi) is 6.92. The summed E-state index contributed by atoms with van der Waals surface area (Å²) < 4.78 is 0. The molecule has 2 N–H and O–H groups in total. The van der Waals surface area contributed by atoms with E-state index in [0.29, 0.717) is 17.2 Å². The van der Waals surface area contributed by atoms with E-state index in [4.69, 9.17) is 4.98 Å². The number of amides is 2. The number of carbonyl (C=O) groups excluding carboxylic acids is 2. The van der Waals surface area contributed by atoms with Gasteiger partial charge in [0.1, 0.15) is 0 Å². The number of rotatable bonds is 6. The molecule has 2 aliphatic carbocycles. The second kappa shape index (κ2) is 9.58. The van der Waals surface area contributed by atoms with Gasteiger partial charge < -0.3 is 10.0 Å². The first-order valence-electron chi connectivity index (χ1n) is 11.9. The molecule has 2 amide bonds. The average Bonchev–Trinajstić information content (AvgIpc) is 3.20. The number of likely N-dealkylation sites (N-methyl/N-ethyl adjacent to an activating group) is 1. The summed E-state index contributed by atoms with van der Waals surface area (Å²) in [5.41, 5.74) is 1.42. The normalized spacial score (nSPS) is 28.9. The van der Waals surface area contributed by atoms with Gasteiger partial charge in [0.25, 0.3) is 5.91 Å². The maximum absolute atomic E-state index is 12.9. The molecule has 1 fully saturated rings. The third-order valence-electron chi connectivity index (χ3n) is 7.90. The van der Waals surface area contributed by atoms with Crippen LogP contribution >= 0.6 is 11.3 Å². The zero-order chi connectivity index (χ0) is 24.6. The number of carbonyl (C=O) groups is 2. The Morgan fingerprint density at radius 3 is 2.79 bits per heavy atom. The molecule has 34 heavy (non-hydrogen) atoms. The molecule has 0 aliphatic heterocycles. The van der Waals surface area contributed by atoms with Gasteiger partial charge in [0.05, 0.1) is 11.8 Å². The highest BCUT2D eigenvalue weighted by Gasteiger charge is 2.54. The van der Waals surface area contributed by atoms with Gasteiger partial charge in [0.15, 0.2) is 5.13 Å². The van der Waals surface area contributed by atoms with Crippen molar-refractivity contribution < 1.29 is 14.7 Å². The molecule has 4 rings (SSSR count). The minimum atomic E-state index is -0.588. The predicted molar refractivity (Wildman–Crippen MR) is 134 cm³/mol. The molecule has 0 spiro atoms. The molecule has 8 heteroatoms. The van der Waals surface area contributed by atoms with Crippen molar-refractivity contribution in [3.05, 3.63) is 53.3 Å². The molecule has 2 aliphatic rings. The number of aliphatic hydroxyl groups is 1. The number of thiazole rings is 1. The predicted octanol–water partition coefficient (Wildman–Crippen LogP) is 4.12. The number of pyridine rings is 1. The Morgan fingerprint density at radius 1 is 1.41 bits per heavy atom. The standard InChI is InChI=1S/C26H34N4O3S/c1-6-13-30(5)24(33)15(2)18-7-10-26(4)14-19-21(16(3)20(26)22(18)31)28-25(34-19)29-23(32)17-8-11-27-12-9-17/h6,8-9,11-12,15-16,18,20,22,31H,1,7,10,13-14H2,2-5H3,(H,28,29,32). The molecule has 182 valence electrons. The number of nitrogens with zero attached hydrogens (tertiary/aromatic N) is 3. The van der Waals surface area contributed by atoms with E-state index in [1.54, 1.807) is 42.6 Å². The van der Waals surface area contributed by atoms with E-state index in [9.17, 15) is 14.7 Å². The van der Waals surface area contributed by atoms with E-state index < -0.39 is 6.10 Å².